The fourth-order valence-corrected chi connectivity index (χ4v) is 2.59. The molecular formula is C23H27NO3. The Balaban J connectivity index is 1.89. The maximum Gasteiger partial charge on any atom is 0.320 e. The summed E-state index contributed by atoms with van der Waals surface area (Å²) in [5.41, 5.74) is 2.41. The van der Waals surface area contributed by atoms with E-state index in [0.29, 0.717) is 18.9 Å². The van der Waals surface area contributed by atoms with Gasteiger partial charge in [-0.2, -0.15) is 0 Å². The first kappa shape index (κ1) is 20.5. The highest BCUT2D eigenvalue weighted by molar-refractivity contribution is 5.72. The number of carbonyl (C=O) groups is 1. The largest absolute Gasteiger partial charge is 0.492 e. The fraction of sp³-hybridized carbons (Fsp3) is 0.348. The van der Waals surface area contributed by atoms with E-state index in [1.54, 1.807) is 0 Å². The smallest absolute Gasteiger partial charge is 0.320 e. The standard InChI is InChI=1S/C23H27NO3/c1-6-18-16-20(12-13-21(18)19-10-8-7-9-11-19)26-15-14-24(5)17-22(25)27-23(2,3)4/h1,7-13,16H,14-15,17H2,2-5H3. The van der Waals surface area contributed by atoms with Crippen LogP contribution in [0.1, 0.15) is 26.3 Å². The maximum absolute atomic E-state index is 11.8. The maximum atomic E-state index is 11.8. The lowest BCUT2D eigenvalue weighted by Crippen LogP contribution is -2.34. The molecule has 0 amide bonds. The van der Waals surface area contributed by atoms with Crippen molar-refractivity contribution in [3.05, 3.63) is 54.1 Å². The first-order valence-corrected chi connectivity index (χ1v) is 8.98. The van der Waals surface area contributed by atoms with Crippen LogP contribution in [0.4, 0.5) is 0 Å². The highest BCUT2D eigenvalue weighted by Crippen LogP contribution is 2.26. The van der Waals surface area contributed by atoms with E-state index in [1.165, 1.54) is 0 Å². The van der Waals surface area contributed by atoms with E-state index in [9.17, 15) is 4.79 Å². The molecule has 0 spiro atoms. The number of esters is 1. The molecule has 0 aliphatic carbocycles. The van der Waals surface area contributed by atoms with Crippen molar-refractivity contribution in [1.29, 1.82) is 0 Å². The molecule has 0 radical (unpaired) electrons. The van der Waals surface area contributed by atoms with Crippen molar-refractivity contribution in [3.8, 4) is 29.2 Å². The van der Waals surface area contributed by atoms with Gasteiger partial charge >= 0.3 is 5.97 Å². The summed E-state index contributed by atoms with van der Waals surface area (Å²) in [6.07, 6.45) is 5.67. The molecule has 2 rings (SSSR count). The number of hydrogen-bond donors (Lipinski definition) is 0. The zero-order valence-corrected chi connectivity index (χ0v) is 16.5. The van der Waals surface area contributed by atoms with E-state index >= 15 is 0 Å². The fourth-order valence-electron chi connectivity index (χ4n) is 2.59. The molecule has 0 heterocycles. The summed E-state index contributed by atoms with van der Waals surface area (Å²) >= 11 is 0. The van der Waals surface area contributed by atoms with Gasteiger partial charge in [-0.15, -0.1) is 6.42 Å². The number of hydrogen-bond acceptors (Lipinski definition) is 4. The molecule has 0 aliphatic heterocycles. The van der Waals surface area contributed by atoms with Crippen molar-refractivity contribution in [1.82, 2.24) is 4.90 Å². The lowest BCUT2D eigenvalue weighted by atomic mass is 10.00. The van der Waals surface area contributed by atoms with Gasteiger partial charge in [0.25, 0.3) is 0 Å². The van der Waals surface area contributed by atoms with Crippen molar-refractivity contribution in [2.45, 2.75) is 26.4 Å². The molecular weight excluding hydrogens is 338 g/mol. The number of nitrogens with zero attached hydrogens (tertiary/aromatic N) is 1. The molecule has 0 aromatic heterocycles. The third-order valence-corrected chi connectivity index (χ3v) is 3.79. The summed E-state index contributed by atoms with van der Waals surface area (Å²) in [5, 5.41) is 0. The van der Waals surface area contributed by atoms with Crippen molar-refractivity contribution in [3.63, 3.8) is 0 Å². The highest BCUT2D eigenvalue weighted by atomic mass is 16.6. The summed E-state index contributed by atoms with van der Waals surface area (Å²) in [6, 6.07) is 15.8. The van der Waals surface area contributed by atoms with E-state index in [0.717, 1.165) is 16.7 Å². The number of terminal acetylenes is 1. The Labute approximate surface area is 162 Å². The summed E-state index contributed by atoms with van der Waals surface area (Å²) in [4.78, 5) is 13.7. The van der Waals surface area contributed by atoms with Gasteiger partial charge in [0.15, 0.2) is 0 Å². The normalized spacial score (nSPS) is 11.1. The van der Waals surface area contributed by atoms with Crippen LogP contribution in [0.3, 0.4) is 0 Å². The van der Waals surface area contributed by atoms with Crippen molar-refractivity contribution >= 4 is 5.97 Å². The third-order valence-electron chi connectivity index (χ3n) is 3.79. The van der Waals surface area contributed by atoms with Crippen LogP contribution >= 0.6 is 0 Å². The minimum atomic E-state index is -0.472. The van der Waals surface area contributed by atoms with Crippen LogP contribution in [0.15, 0.2) is 48.5 Å². The van der Waals surface area contributed by atoms with Gasteiger partial charge in [0.2, 0.25) is 0 Å². The number of benzene rings is 2. The molecule has 0 saturated carbocycles. The van der Waals surface area contributed by atoms with E-state index in [2.05, 4.69) is 5.92 Å². The lowest BCUT2D eigenvalue weighted by Gasteiger charge is -2.22. The van der Waals surface area contributed by atoms with Crippen LogP contribution in [0.2, 0.25) is 0 Å². The second-order valence-electron chi connectivity index (χ2n) is 7.39. The molecule has 0 aliphatic rings. The Morgan fingerprint density at radius 2 is 1.85 bits per heavy atom. The van der Waals surface area contributed by atoms with E-state index in [4.69, 9.17) is 15.9 Å². The quantitative estimate of drug-likeness (QED) is 0.549. The summed E-state index contributed by atoms with van der Waals surface area (Å²) in [7, 11) is 1.86. The topological polar surface area (TPSA) is 38.8 Å². The molecule has 0 N–H and O–H groups in total. The van der Waals surface area contributed by atoms with Crippen LogP contribution in [-0.2, 0) is 9.53 Å². The van der Waals surface area contributed by atoms with Gasteiger partial charge < -0.3 is 9.47 Å². The van der Waals surface area contributed by atoms with E-state index in [1.807, 2.05) is 81.2 Å². The molecule has 27 heavy (non-hydrogen) atoms. The van der Waals surface area contributed by atoms with Gasteiger partial charge in [-0.1, -0.05) is 36.3 Å². The molecule has 142 valence electrons. The van der Waals surface area contributed by atoms with Gasteiger partial charge in [0, 0.05) is 12.1 Å². The van der Waals surface area contributed by atoms with Gasteiger partial charge in [-0.05, 0) is 57.1 Å². The second kappa shape index (κ2) is 9.25. The third kappa shape index (κ3) is 6.80. The van der Waals surface area contributed by atoms with Crippen LogP contribution < -0.4 is 4.74 Å². The van der Waals surface area contributed by atoms with Gasteiger partial charge in [0.1, 0.15) is 18.0 Å². The Bertz CT molecular complexity index is 801. The number of carbonyl (C=O) groups excluding carboxylic acids is 1. The minimum absolute atomic E-state index is 0.225. The molecule has 0 fully saturated rings. The average molecular weight is 365 g/mol. The zero-order valence-electron chi connectivity index (χ0n) is 16.5. The first-order valence-electron chi connectivity index (χ1n) is 8.98. The first-order chi connectivity index (χ1) is 12.8. The van der Waals surface area contributed by atoms with Crippen LogP contribution in [0.5, 0.6) is 5.75 Å². The van der Waals surface area contributed by atoms with Crippen LogP contribution in [0.25, 0.3) is 11.1 Å². The predicted molar refractivity (Wildman–Crippen MR) is 109 cm³/mol. The minimum Gasteiger partial charge on any atom is -0.492 e. The Morgan fingerprint density at radius 1 is 1.15 bits per heavy atom. The Kier molecular flexibility index (Phi) is 7.04. The highest BCUT2D eigenvalue weighted by Gasteiger charge is 2.17. The van der Waals surface area contributed by atoms with Gasteiger partial charge in [0.05, 0.1) is 6.54 Å². The Morgan fingerprint density at radius 3 is 2.48 bits per heavy atom. The monoisotopic (exact) mass is 365 g/mol. The van der Waals surface area contributed by atoms with Crippen molar-refractivity contribution < 1.29 is 14.3 Å². The van der Waals surface area contributed by atoms with Crippen LogP contribution in [0, 0.1) is 12.3 Å². The molecule has 0 bridgehead atoms. The van der Waals surface area contributed by atoms with Gasteiger partial charge in [-0.3, -0.25) is 9.69 Å². The number of likely N-dealkylation sites (N-methyl/N-ethyl adjacent to an activating group) is 1. The summed E-state index contributed by atoms with van der Waals surface area (Å²) < 4.78 is 11.1. The van der Waals surface area contributed by atoms with E-state index < -0.39 is 5.60 Å². The zero-order chi connectivity index (χ0) is 19.9. The molecule has 0 unspecified atom stereocenters. The molecule has 4 heteroatoms. The van der Waals surface area contributed by atoms with Crippen molar-refractivity contribution in [2.75, 3.05) is 26.7 Å². The molecule has 4 nitrogen and oxygen atoms in total. The summed E-state index contributed by atoms with van der Waals surface area (Å²) in [6.45, 7) is 6.85. The SMILES string of the molecule is C#Cc1cc(OCCN(C)CC(=O)OC(C)(C)C)ccc1-c1ccccc1. The predicted octanol–water partition coefficient (Wildman–Crippen LogP) is 3.99. The average Bonchev–Trinajstić information content (AvgIpc) is 2.60. The molecule has 0 saturated heterocycles. The van der Waals surface area contributed by atoms with Crippen molar-refractivity contribution in [2.24, 2.45) is 0 Å². The molecule has 2 aromatic rings. The van der Waals surface area contributed by atoms with E-state index in [-0.39, 0.29) is 12.5 Å². The van der Waals surface area contributed by atoms with Crippen LogP contribution in [-0.4, -0.2) is 43.2 Å². The molecule has 2 aromatic carbocycles. The second-order valence-corrected chi connectivity index (χ2v) is 7.39. The number of rotatable bonds is 7. The molecule has 0 atom stereocenters. The lowest BCUT2D eigenvalue weighted by molar-refractivity contribution is -0.155. The Hall–Kier alpha value is -2.77. The number of ether oxygens (including phenoxy) is 2. The summed E-state index contributed by atoms with van der Waals surface area (Å²) in [5.74, 6) is 3.20. The van der Waals surface area contributed by atoms with Gasteiger partial charge in [-0.25, -0.2) is 0 Å².